The van der Waals surface area contributed by atoms with Gasteiger partial charge in [-0.2, -0.15) is 0 Å². The smallest absolute Gasteiger partial charge is 0.136 e. The van der Waals surface area contributed by atoms with Crippen molar-refractivity contribution in [1.82, 2.24) is 0 Å². The van der Waals surface area contributed by atoms with Crippen molar-refractivity contribution in [3.8, 4) is 66.8 Å². The van der Waals surface area contributed by atoms with E-state index < -0.39 is 0 Å². The van der Waals surface area contributed by atoms with E-state index in [0.29, 0.717) is 0 Å². The minimum Gasteiger partial charge on any atom is -0.456 e. The molecule has 0 fully saturated rings. The zero-order valence-corrected chi connectivity index (χ0v) is 53.9. The van der Waals surface area contributed by atoms with Crippen LogP contribution >= 0.6 is 0 Å². The van der Waals surface area contributed by atoms with Gasteiger partial charge in [0.1, 0.15) is 22.3 Å². The number of furan rings is 2. The van der Waals surface area contributed by atoms with E-state index in [-0.39, 0.29) is 10.8 Å². The molecule has 2 heterocycles. The Morgan fingerprint density at radius 2 is 0.747 bits per heavy atom. The Bertz CT molecular complexity index is 5600. The molecule has 0 radical (unpaired) electrons. The fraction of sp³-hybridized carbons (Fsp3) is 0.0769. The average molecular weight is 1220 g/mol. The van der Waals surface area contributed by atoms with Crippen molar-refractivity contribution in [2.24, 2.45) is 0 Å². The SMILES string of the molecule is C=C(/C=C\C(=C/C)c1c(-c2ccc3oc4ccccc4c3c2-c2ccc(N(c3ccc(-c4ccccc4)cc3)c3ccc4c(c3)C(C)(C)c3ccccc3-4)cc2)ccc2oc3ccccc3c12)N(c1ccc(-c2ccccc2)cc1)c1ccc2c(c1)C(C)(C)c1ccccc1-2. The minimum atomic E-state index is -0.195. The van der Waals surface area contributed by atoms with E-state index in [1.54, 1.807) is 0 Å². The van der Waals surface area contributed by atoms with E-state index in [4.69, 9.17) is 15.4 Å². The maximum Gasteiger partial charge on any atom is 0.136 e. The van der Waals surface area contributed by atoms with Crippen molar-refractivity contribution in [3.05, 3.63) is 350 Å². The first kappa shape index (κ1) is 57.2. The van der Waals surface area contributed by atoms with Gasteiger partial charge in [0.15, 0.2) is 0 Å². The van der Waals surface area contributed by atoms with Crippen LogP contribution in [0.25, 0.3) is 116 Å². The third kappa shape index (κ3) is 9.42. The van der Waals surface area contributed by atoms with E-state index in [0.717, 1.165) is 117 Å². The summed E-state index contributed by atoms with van der Waals surface area (Å²) in [6.07, 6.45) is 6.67. The lowest BCUT2D eigenvalue weighted by molar-refractivity contribution is 0.660. The van der Waals surface area contributed by atoms with Gasteiger partial charge in [-0.3, -0.25) is 0 Å². The molecule has 0 amide bonds. The Balaban J connectivity index is 0.816. The van der Waals surface area contributed by atoms with Crippen LogP contribution in [0.15, 0.2) is 331 Å². The van der Waals surface area contributed by atoms with Gasteiger partial charge in [0.2, 0.25) is 0 Å². The summed E-state index contributed by atoms with van der Waals surface area (Å²) in [6, 6.07) is 106. The van der Waals surface area contributed by atoms with Crippen LogP contribution in [0.1, 0.15) is 62.4 Å². The van der Waals surface area contributed by atoms with E-state index in [1.165, 1.54) is 61.2 Å². The van der Waals surface area contributed by atoms with Crippen molar-refractivity contribution in [1.29, 1.82) is 0 Å². The summed E-state index contributed by atoms with van der Waals surface area (Å²) in [7, 11) is 0. The van der Waals surface area contributed by atoms with Gasteiger partial charge < -0.3 is 18.6 Å². The monoisotopic (exact) mass is 1220 g/mol. The van der Waals surface area contributed by atoms with Gasteiger partial charge in [0.25, 0.3) is 0 Å². The molecule has 0 atom stereocenters. The highest BCUT2D eigenvalue weighted by molar-refractivity contribution is 6.19. The third-order valence-electron chi connectivity index (χ3n) is 20.2. The highest BCUT2D eigenvalue weighted by Crippen LogP contribution is 2.54. The zero-order chi connectivity index (χ0) is 64.1. The van der Waals surface area contributed by atoms with Gasteiger partial charge >= 0.3 is 0 Å². The van der Waals surface area contributed by atoms with Gasteiger partial charge in [-0.25, -0.2) is 0 Å². The Morgan fingerprint density at radius 1 is 0.337 bits per heavy atom. The number of hydrogen-bond acceptors (Lipinski definition) is 4. The second-order valence-electron chi connectivity index (χ2n) is 26.3. The molecular formula is C91H68N2O2. The molecule has 4 heteroatoms. The molecule has 454 valence electrons. The Kier molecular flexibility index (Phi) is 13.6. The quantitative estimate of drug-likeness (QED) is 0.108. The van der Waals surface area contributed by atoms with Gasteiger partial charge in [-0.05, 0) is 199 Å². The summed E-state index contributed by atoms with van der Waals surface area (Å²) in [5, 5.41) is 4.20. The third-order valence-corrected chi connectivity index (χ3v) is 20.2. The van der Waals surface area contributed by atoms with E-state index >= 15 is 0 Å². The molecule has 2 aliphatic carbocycles. The summed E-state index contributed by atoms with van der Waals surface area (Å²) >= 11 is 0. The van der Waals surface area contributed by atoms with Crippen LogP contribution in [0, 0.1) is 0 Å². The van der Waals surface area contributed by atoms with Crippen molar-refractivity contribution in [2.75, 3.05) is 9.80 Å². The number of benzene rings is 13. The molecule has 0 bridgehead atoms. The van der Waals surface area contributed by atoms with Gasteiger partial charge in [-0.15, -0.1) is 0 Å². The second-order valence-corrected chi connectivity index (χ2v) is 26.3. The summed E-state index contributed by atoms with van der Waals surface area (Å²) in [4.78, 5) is 4.71. The number of nitrogens with zero attached hydrogens (tertiary/aromatic N) is 2. The summed E-state index contributed by atoms with van der Waals surface area (Å²) < 4.78 is 13.6. The number of hydrogen-bond donors (Lipinski definition) is 0. The molecule has 2 aliphatic rings. The van der Waals surface area contributed by atoms with Crippen LogP contribution in [-0.4, -0.2) is 0 Å². The summed E-state index contributed by atoms with van der Waals surface area (Å²) in [5.41, 5.74) is 30.5. The lowest BCUT2D eigenvalue weighted by Crippen LogP contribution is -2.18. The second kappa shape index (κ2) is 22.5. The van der Waals surface area contributed by atoms with E-state index in [2.05, 4.69) is 354 Å². The highest BCUT2D eigenvalue weighted by atomic mass is 16.3. The topological polar surface area (TPSA) is 32.8 Å². The fourth-order valence-corrected chi connectivity index (χ4v) is 15.5. The number of fused-ring (bicyclic) bond motifs is 12. The maximum atomic E-state index is 6.80. The highest BCUT2D eigenvalue weighted by Gasteiger charge is 2.37. The average Bonchev–Trinajstić information content (AvgIpc) is 1.65. The molecule has 4 nitrogen and oxygen atoms in total. The predicted molar refractivity (Wildman–Crippen MR) is 400 cm³/mol. The van der Waals surface area contributed by atoms with Crippen LogP contribution in [0.4, 0.5) is 28.4 Å². The Hall–Kier alpha value is -11.7. The number of rotatable bonds is 13. The molecule has 0 N–H and O–H groups in total. The van der Waals surface area contributed by atoms with Gasteiger partial charge in [-0.1, -0.05) is 241 Å². The van der Waals surface area contributed by atoms with Crippen LogP contribution in [0.3, 0.4) is 0 Å². The standard InChI is InChI=1S/C91H68N2O2/c1-7-59(35-34-58(2)92(65-42-36-62(37-43-65)60-22-10-8-11-23-60)68-48-50-72-70-26-14-18-30-78(70)90(3,4)80(72)56-68)86-74(52-54-84-88(86)76-28-16-20-32-82(76)94-84)75-53-55-85-89(77-29-17-21-33-83(77)95-85)87(75)64-40-46-67(47-41-64)93(66-44-38-63(39-45-66)61-24-12-9-13-25-61)69-49-51-73-71-27-15-19-31-79(71)91(5,6)81(73)57-69/h7-57H,2H2,1,3-6H3/b35-34-,59-7+. The minimum absolute atomic E-state index is 0.178. The lowest BCUT2D eigenvalue weighted by Gasteiger charge is -2.28. The number of anilines is 5. The summed E-state index contributed by atoms with van der Waals surface area (Å²) in [5.74, 6) is 0. The largest absolute Gasteiger partial charge is 0.456 e. The van der Waals surface area contributed by atoms with Crippen molar-refractivity contribution < 1.29 is 8.83 Å². The molecule has 0 unspecified atom stereocenters. The van der Waals surface area contributed by atoms with Crippen molar-refractivity contribution >= 4 is 77.9 Å². The van der Waals surface area contributed by atoms with Gasteiger partial charge in [0.05, 0.1) is 0 Å². The van der Waals surface area contributed by atoms with Crippen molar-refractivity contribution in [3.63, 3.8) is 0 Å². The number of allylic oxidation sites excluding steroid dienone is 4. The van der Waals surface area contributed by atoms with Gasteiger partial charge in [0, 0.05) is 77.6 Å². The molecule has 13 aromatic carbocycles. The number of para-hydroxylation sites is 2. The zero-order valence-electron chi connectivity index (χ0n) is 53.9. The normalized spacial score (nSPS) is 13.5. The molecule has 15 aromatic rings. The fourth-order valence-electron chi connectivity index (χ4n) is 15.5. The molecule has 95 heavy (non-hydrogen) atoms. The lowest BCUT2D eigenvalue weighted by atomic mass is 9.82. The molecule has 0 spiro atoms. The summed E-state index contributed by atoms with van der Waals surface area (Å²) in [6.45, 7) is 16.5. The van der Waals surface area contributed by atoms with Crippen molar-refractivity contribution in [2.45, 2.75) is 45.4 Å². The first-order valence-corrected chi connectivity index (χ1v) is 32.9. The molecule has 2 aromatic heterocycles. The van der Waals surface area contributed by atoms with E-state index in [9.17, 15) is 0 Å². The van der Waals surface area contributed by atoms with Crippen LogP contribution in [0.5, 0.6) is 0 Å². The molecule has 17 rings (SSSR count). The Labute approximate surface area is 555 Å². The molecule has 0 saturated carbocycles. The van der Waals surface area contributed by atoms with Crippen LogP contribution in [-0.2, 0) is 10.8 Å². The first-order valence-electron chi connectivity index (χ1n) is 32.9. The molecule has 0 saturated heterocycles. The maximum absolute atomic E-state index is 6.80. The molecular weight excluding hydrogens is 1150 g/mol. The first-order chi connectivity index (χ1) is 46.5. The van der Waals surface area contributed by atoms with Crippen LogP contribution in [0.2, 0.25) is 0 Å². The van der Waals surface area contributed by atoms with E-state index in [1.807, 2.05) is 0 Å². The molecule has 0 aliphatic heterocycles. The predicted octanol–water partition coefficient (Wildman–Crippen LogP) is 25.5. The van der Waals surface area contributed by atoms with Crippen LogP contribution < -0.4 is 9.80 Å². The Morgan fingerprint density at radius 3 is 1.31 bits per heavy atom.